The van der Waals surface area contributed by atoms with Gasteiger partial charge in [0, 0.05) is 48.2 Å². The number of nitrogens with zero attached hydrogens (tertiary/aromatic N) is 6. The Morgan fingerprint density at radius 1 is 0.981 bits per heavy atom. The number of rotatable bonds is 19. The van der Waals surface area contributed by atoms with Crippen LogP contribution in [0.15, 0.2) is 67.0 Å². The summed E-state index contributed by atoms with van der Waals surface area (Å²) in [5.74, 6) is 2.21. The number of hydrogen-bond donors (Lipinski definition) is 4. The second-order valence-corrected chi connectivity index (χ2v) is 13.3. The summed E-state index contributed by atoms with van der Waals surface area (Å²) < 4.78 is 18.7. The number of aliphatic hydroxyl groups excluding tert-OH is 2. The highest BCUT2D eigenvalue weighted by molar-refractivity contribution is 6.35. The fraction of sp³-hybridized carbons (Fsp3) is 0.342. The predicted molar refractivity (Wildman–Crippen MR) is 201 cm³/mol. The summed E-state index contributed by atoms with van der Waals surface area (Å²) in [4.78, 5) is 6.21. The van der Waals surface area contributed by atoms with Gasteiger partial charge in [-0.05, 0) is 79.2 Å². The maximum absolute atomic E-state index is 9.47. The smallest absolute Gasteiger partial charge is 0.165 e. The minimum absolute atomic E-state index is 0.124. The Bertz CT molecular complexity index is 1990. The molecule has 0 spiro atoms. The molecule has 0 radical (unpaired) electrons. The number of hydrogen-bond acceptors (Lipinski definition) is 12. The van der Waals surface area contributed by atoms with Crippen molar-refractivity contribution in [2.24, 2.45) is 0 Å². The van der Waals surface area contributed by atoms with E-state index in [1.807, 2.05) is 63.4 Å². The average Bonchev–Trinajstić information content (AvgIpc) is 3.71. The molecule has 5 aromatic rings. The zero-order chi connectivity index (χ0) is 37.7. The third-order valence-electron chi connectivity index (χ3n) is 8.70. The van der Waals surface area contributed by atoms with Crippen LogP contribution in [0, 0.1) is 18.3 Å². The quantitative estimate of drug-likeness (QED) is 0.0745. The van der Waals surface area contributed by atoms with Crippen LogP contribution in [0.1, 0.15) is 53.0 Å². The first kappa shape index (κ1) is 39.4. The number of aromatic amines is 1. The number of benzene rings is 3. The molecule has 2 aromatic heterocycles. The number of ether oxygens (including phenoxy) is 3. The van der Waals surface area contributed by atoms with Crippen molar-refractivity contribution in [1.29, 1.82) is 5.26 Å². The van der Waals surface area contributed by atoms with Crippen LogP contribution in [0.25, 0.3) is 11.1 Å². The maximum atomic E-state index is 9.47. The van der Waals surface area contributed by atoms with Gasteiger partial charge in [0.25, 0.3) is 0 Å². The van der Waals surface area contributed by atoms with Crippen LogP contribution in [0.5, 0.6) is 17.2 Å². The number of H-pyrrole nitrogens is 1. The molecule has 0 aliphatic heterocycles. The van der Waals surface area contributed by atoms with Crippen LogP contribution < -0.4 is 19.5 Å². The molecule has 0 fully saturated rings. The Kier molecular flexibility index (Phi) is 14.4. The van der Waals surface area contributed by atoms with E-state index in [1.165, 1.54) is 6.20 Å². The van der Waals surface area contributed by atoms with Gasteiger partial charge in [-0.3, -0.25) is 9.88 Å². The molecule has 0 bridgehead atoms. The Balaban J connectivity index is 1.32. The summed E-state index contributed by atoms with van der Waals surface area (Å²) >= 11 is 13.7. The molecule has 4 N–H and O–H groups in total. The molecule has 53 heavy (non-hydrogen) atoms. The molecule has 0 amide bonds. The van der Waals surface area contributed by atoms with Gasteiger partial charge in [-0.15, -0.1) is 5.10 Å². The molecular formula is C38H42Cl2N8O5. The minimum Gasteiger partial charge on any atom is -0.492 e. The van der Waals surface area contributed by atoms with Crippen LogP contribution in [0.3, 0.4) is 0 Å². The normalized spacial score (nSPS) is 12.4. The van der Waals surface area contributed by atoms with Crippen molar-refractivity contribution >= 4 is 23.2 Å². The van der Waals surface area contributed by atoms with E-state index in [1.54, 1.807) is 18.3 Å². The van der Waals surface area contributed by atoms with Gasteiger partial charge in [-0.25, -0.2) is 5.10 Å². The van der Waals surface area contributed by atoms with Crippen molar-refractivity contribution in [2.75, 3.05) is 33.4 Å². The monoisotopic (exact) mass is 760 g/mol. The van der Waals surface area contributed by atoms with Gasteiger partial charge in [0.15, 0.2) is 5.82 Å². The molecule has 15 heteroatoms. The van der Waals surface area contributed by atoms with E-state index in [0.29, 0.717) is 71.3 Å². The number of aromatic nitrogens is 5. The van der Waals surface area contributed by atoms with Gasteiger partial charge in [0.05, 0.1) is 41.0 Å². The first-order chi connectivity index (χ1) is 25.7. The summed E-state index contributed by atoms with van der Waals surface area (Å²) in [7, 11) is 1.95. The lowest BCUT2D eigenvalue weighted by Crippen LogP contribution is -2.30. The van der Waals surface area contributed by atoms with Gasteiger partial charge in [0.1, 0.15) is 36.5 Å². The lowest BCUT2D eigenvalue weighted by atomic mass is 9.96. The molecule has 0 saturated heterocycles. The average molecular weight is 762 g/mol. The van der Waals surface area contributed by atoms with Crippen molar-refractivity contribution in [2.45, 2.75) is 52.2 Å². The Labute approximate surface area is 318 Å². The fourth-order valence-corrected chi connectivity index (χ4v) is 6.04. The predicted octanol–water partition coefficient (Wildman–Crippen LogP) is 5.81. The molecule has 2 heterocycles. The summed E-state index contributed by atoms with van der Waals surface area (Å²) in [5, 5.41) is 46.0. The van der Waals surface area contributed by atoms with Gasteiger partial charge in [-0.2, -0.15) is 5.26 Å². The van der Waals surface area contributed by atoms with Crippen molar-refractivity contribution in [3.8, 4) is 34.4 Å². The van der Waals surface area contributed by atoms with Crippen molar-refractivity contribution < 1.29 is 24.4 Å². The first-order valence-electron chi connectivity index (χ1n) is 17.0. The standard InChI is InChI=1S/C38H42Cl2N8O5/c1-24-28(7-4-8-31(24)32-9-5-10-34(37(32)40)51-12-6-11-42-19-30(50)21-49)23-53-36-15-35(52-22-27-13-26(16-41)17-43-18-27)29(14-33(36)39)20-48(3)25(2)38-44-46-47-45-38/h4-5,7-10,13-15,17-18,25,30,42,49-50H,6,11-12,19-23H2,1-3H3,(H,44,45,46,47). The van der Waals surface area contributed by atoms with E-state index < -0.39 is 6.10 Å². The molecule has 278 valence electrons. The molecule has 2 atom stereocenters. The van der Waals surface area contributed by atoms with Gasteiger partial charge < -0.3 is 29.7 Å². The second kappa shape index (κ2) is 19.3. The molecular weight excluding hydrogens is 719 g/mol. The number of pyridine rings is 1. The van der Waals surface area contributed by atoms with Crippen LogP contribution in [-0.2, 0) is 19.8 Å². The molecule has 13 nitrogen and oxygen atoms in total. The second-order valence-electron chi connectivity index (χ2n) is 12.5. The van der Waals surface area contributed by atoms with Crippen molar-refractivity contribution in [3.63, 3.8) is 0 Å². The van der Waals surface area contributed by atoms with E-state index in [9.17, 15) is 10.4 Å². The lowest BCUT2D eigenvalue weighted by molar-refractivity contribution is 0.0942. The van der Waals surface area contributed by atoms with Crippen molar-refractivity contribution in [1.82, 2.24) is 35.8 Å². The summed E-state index contributed by atoms with van der Waals surface area (Å²) in [5.41, 5.74) is 5.72. The van der Waals surface area contributed by atoms with Crippen molar-refractivity contribution in [3.05, 3.63) is 111 Å². The number of tetrazole rings is 1. The van der Waals surface area contributed by atoms with Crippen LogP contribution in [0.2, 0.25) is 10.0 Å². The van der Waals surface area contributed by atoms with Gasteiger partial charge >= 0.3 is 0 Å². The summed E-state index contributed by atoms with van der Waals surface area (Å²) in [6.45, 7) is 5.98. The maximum Gasteiger partial charge on any atom is 0.165 e. The Morgan fingerprint density at radius 3 is 2.55 bits per heavy atom. The lowest BCUT2D eigenvalue weighted by Gasteiger charge is -2.24. The zero-order valence-electron chi connectivity index (χ0n) is 29.7. The number of halogens is 2. The third-order valence-corrected chi connectivity index (χ3v) is 9.39. The first-order valence-corrected chi connectivity index (χ1v) is 17.8. The highest BCUT2D eigenvalue weighted by Crippen LogP contribution is 2.39. The van der Waals surface area contributed by atoms with E-state index in [0.717, 1.165) is 33.4 Å². The van der Waals surface area contributed by atoms with E-state index in [2.05, 4.69) is 41.9 Å². The SMILES string of the molecule is Cc1c(COc2cc(OCc3cncc(C#N)c3)c(CN(C)C(C)c3nnn[nH]3)cc2Cl)cccc1-c1cccc(OCCCNCC(O)CO)c1Cl. The zero-order valence-corrected chi connectivity index (χ0v) is 31.2. The van der Waals surface area contributed by atoms with Crippen LogP contribution >= 0.6 is 23.2 Å². The topological polar surface area (TPSA) is 175 Å². The Morgan fingerprint density at radius 2 is 1.77 bits per heavy atom. The number of aliphatic hydroxyl groups is 2. The van der Waals surface area contributed by atoms with Crippen LogP contribution in [-0.4, -0.2) is 80.2 Å². The highest BCUT2D eigenvalue weighted by Gasteiger charge is 2.20. The number of nitriles is 1. The van der Waals surface area contributed by atoms with Gasteiger partial charge in [-0.1, -0.05) is 53.5 Å². The summed E-state index contributed by atoms with van der Waals surface area (Å²) in [6.07, 6.45) is 3.08. The number of nitrogens with one attached hydrogen (secondary N) is 2. The molecule has 0 aliphatic rings. The van der Waals surface area contributed by atoms with E-state index in [-0.39, 0.29) is 25.9 Å². The third kappa shape index (κ3) is 10.6. The van der Waals surface area contributed by atoms with Crippen LogP contribution in [0.4, 0.5) is 0 Å². The Hall–Kier alpha value is -4.81. The molecule has 3 aromatic carbocycles. The molecule has 0 saturated carbocycles. The van der Waals surface area contributed by atoms with E-state index in [4.69, 9.17) is 42.5 Å². The fourth-order valence-electron chi connectivity index (χ4n) is 5.52. The highest BCUT2D eigenvalue weighted by atomic mass is 35.5. The largest absolute Gasteiger partial charge is 0.492 e. The minimum atomic E-state index is -0.782. The molecule has 2 unspecified atom stereocenters. The molecule has 5 rings (SSSR count). The summed E-state index contributed by atoms with van der Waals surface area (Å²) in [6, 6.07) is 19.0. The molecule has 0 aliphatic carbocycles. The van der Waals surface area contributed by atoms with E-state index >= 15 is 0 Å². The van der Waals surface area contributed by atoms with Gasteiger partial charge in [0.2, 0.25) is 0 Å².